The van der Waals surface area contributed by atoms with Crippen molar-refractivity contribution >= 4 is 16.9 Å². The second-order valence-electron chi connectivity index (χ2n) is 4.33. The molecule has 6 nitrogen and oxygen atoms in total. The Morgan fingerprint density at radius 3 is 2.63 bits per heavy atom. The molecule has 2 aromatic rings. The molecule has 0 saturated carbocycles. The smallest absolute Gasteiger partial charge is 0.331 e. The molecular weight excluding hydrogens is 248 g/mol. The van der Waals surface area contributed by atoms with E-state index in [0.29, 0.717) is 10.9 Å². The average molecular weight is 262 g/mol. The van der Waals surface area contributed by atoms with Gasteiger partial charge in [0.25, 0.3) is 5.56 Å². The van der Waals surface area contributed by atoms with Crippen LogP contribution in [0.1, 0.15) is 5.56 Å². The van der Waals surface area contributed by atoms with Crippen molar-refractivity contribution in [2.24, 2.45) is 7.05 Å². The summed E-state index contributed by atoms with van der Waals surface area (Å²) < 4.78 is 6.72. The molecule has 0 unspecified atom stereocenters. The van der Waals surface area contributed by atoms with Crippen LogP contribution in [0.4, 0.5) is 0 Å². The fourth-order valence-electron chi connectivity index (χ4n) is 1.96. The molecule has 2 rings (SSSR count). The van der Waals surface area contributed by atoms with Crippen molar-refractivity contribution in [2.45, 2.75) is 13.5 Å². The second kappa shape index (κ2) is 4.72. The number of hydrogen-bond donors (Lipinski definition) is 0. The summed E-state index contributed by atoms with van der Waals surface area (Å²) in [5.74, 6) is -0.633. The number of benzene rings is 1. The summed E-state index contributed by atoms with van der Waals surface area (Å²) in [6.07, 6.45) is 0. The Balaban J connectivity index is 2.82. The van der Waals surface area contributed by atoms with E-state index in [0.717, 1.165) is 10.1 Å². The Hall–Kier alpha value is -2.37. The topological polar surface area (TPSA) is 70.3 Å². The van der Waals surface area contributed by atoms with Gasteiger partial charge < -0.3 is 4.74 Å². The van der Waals surface area contributed by atoms with Crippen LogP contribution in [0.5, 0.6) is 0 Å². The van der Waals surface area contributed by atoms with Gasteiger partial charge >= 0.3 is 11.7 Å². The van der Waals surface area contributed by atoms with E-state index in [9.17, 15) is 14.4 Å². The van der Waals surface area contributed by atoms with Crippen molar-refractivity contribution in [3.05, 3.63) is 44.6 Å². The monoisotopic (exact) mass is 262 g/mol. The molecule has 1 aromatic carbocycles. The van der Waals surface area contributed by atoms with Crippen LogP contribution in [0, 0.1) is 6.92 Å². The Morgan fingerprint density at radius 1 is 1.32 bits per heavy atom. The van der Waals surface area contributed by atoms with Crippen LogP contribution in [0.3, 0.4) is 0 Å². The minimum absolute atomic E-state index is 0.383. The summed E-state index contributed by atoms with van der Waals surface area (Å²) in [7, 11) is 2.77. The van der Waals surface area contributed by atoms with Crippen molar-refractivity contribution in [3.8, 4) is 0 Å². The van der Waals surface area contributed by atoms with E-state index in [1.165, 1.54) is 11.7 Å². The average Bonchev–Trinajstić information content (AvgIpc) is 2.40. The summed E-state index contributed by atoms with van der Waals surface area (Å²) in [5, 5.41) is 0.408. The quantitative estimate of drug-likeness (QED) is 0.724. The largest absolute Gasteiger partial charge is 0.468 e. The van der Waals surface area contributed by atoms with E-state index in [-0.39, 0.29) is 6.54 Å². The molecule has 0 aliphatic carbocycles. The van der Waals surface area contributed by atoms with E-state index in [1.807, 2.05) is 13.0 Å². The maximum atomic E-state index is 12.2. The maximum absolute atomic E-state index is 12.2. The molecule has 0 atom stereocenters. The molecule has 0 spiro atoms. The third-order valence-electron chi connectivity index (χ3n) is 3.02. The number of rotatable bonds is 2. The number of ether oxygens (including phenoxy) is 1. The van der Waals surface area contributed by atoms with Gasteiger partial charge in [0.05, 0.1) is 18.0 Å². The maximum Gasteiger partial charge on any atom is 0.331 e. The lowest BCUT2D eigenvalue weighted by Gasteiger charge is -2.10. The normalized spacial score (nSPS) is 10.7. The molecule has 0 fully saturated rings. The molecule has 1 aromatic heterocycles. The van der Waals surface area contributed by atoms with E-state index in [2.05, 4.69) is 4.74 Å². The Labute approximate surface area is 108 Å². The molecular formula is C13H14N2O4. The molecule has 0 amide bonds. The number of carbonyl (C=O) groups excluding carboxylic acids is 1. The first kappa shape index (κ1) is 13.1. The van der Waals surface area contributed by atoms with Crippen LogP contribution in [-0.2, 0) is 23.1 Å². The fraction of sp³-hybridized carbons (Fsp3) is 0.308. The molecule has 0 radical (unpaired) electrons. The molecule has 6 heteroatoms. The van der Waals surface area contributed by atoms with Gasteiger partial charge in [-0.05, 0) is 19.1 Å². The number of aromatic nitrogens is 2. The lowest BCUT2D eigenvalue weighted by Crippen LogP contribution is -2.41. The standard InChI is InChI=1S/C13H14N2O4/c1-8-4-5-10-9(6-8)12(17)15(7-11(16)19-3)13(18)14(10)2/h4-6H,7H2,1-3H3. The minimum atomic E-state index is -0.633. The van der Waals surface area contributed by atoms with Crippen molar-refractivity contribution < 1.29 is 9.53 Å². The van der Waals surface area contributed by atoms with Crippen LogP contribution in [-0.4, -0.2) is 22.2 Å². The van der Waals surface area contributed by atoms with Crippen molar-refractivity contribution in [1.29, 1.82) is 0 Å². The van der Waals surface area contributed by atoms with Gasteiger partial charge in [0.2, 0.25) is 0 Å². The first-order valence-electron chi connectivity index (χ1n) is 5.72. The zero-order chi connectivity index (χ0) is 14.2. The van der Waals surface area contributed by atoms with Gasteiger partial charge in [-0.2, -0.15) is 0 Å². The number of carbonyl (C=O) groups is 1. The summed E-state index contributed by atoms with van der Waals surface area (Å²) in [6, 6.07) is 5.24. The molecule has 0 N–H and O–H groups in total. The molecule has 0 bridgehead atoms. The van der Waals surface area contributed by atoms with Crippen LogP contribution in [0.25, 0.3) is 10.9 Å². The highest BCUT2D eigenvalue weighted by molar-refractivity contribution is 5.79. The Bertz CT molecular complexity index is 771. The number of esters is 1. The van der Waals surface area contributed by atoms with Gasteiger partial charge in [-0.1, -0.05) is 11.6 Å². The molecule has 0 aliphatic rings. The van der Waals surface area contributed by atoms with E-state index in [1.54, 1.807) is 19.2 Å². The molecule has 0 aliphatic heterocycles. The van der Waals surface area contributed by atoms with E-state index < -0.39 is 17.2 Å². The molecule has 0 saturated heterocycles. The number of fused-ring (bicyclic) bond motifs is 1. The van der Waals surface area contributed by atoms with Gasteiger partial charge in [-0.3, -0.25) is 14.2 Å². The predicted octanol–water partition coefficient (Wildman–Crippen LogP) is 0.182. The lowest BCUT2D eigenvalue weighted by atomic mass is 10.1. The predicted molar refractivity (Wildman–Crippen MR) is 70.2 cm³/mol. The van der Waals surface area contributed by atoms with Gasteiger partial charge in [0.15, 0.2) is 0 Å². The van der Waals surface area contributed by atoms with Crippen molar-refractivity contribution in [1.82, 2.24) is 9.13 Å². The molecule has 1 heterocycles. The summed E-state index contributed by atoms with van der Waals surface area (Å²) in [6.45, 7) is 1.47. The van der Waals surface area contributed by atoms with Gasteiger partial charge in [0, 0.05) is 7.05 Å². The van der Waals surface area contributed by atoms with Gasteiger partial charge in [0.1, 0.15) is 6.54 Å². The van der Waals surface area contributed by atoms with Gasteiger partial charge in [-0.25, -0.2) is 9.36 Å². The van der Waals surface area contributed by atoms with Crippen molar-refractivity contribution in [3.63, 3.8) is 0 Å². The second-order valence-corrected chi connectivity index (χ2v) is 4.33. The van der Waals surface area contributed by atoms with Gasteiger partial charge in [-0.15, -0.1) is 0 Å². The SMILES string of the molecule is COC(=O)Cn1c(=O)c2cc(C)ccc2n(C)c1=O. The highest BCUT2D eigenvalue weighted by Crippen LogP contribution is 2.09. The number of nitrogens with zero attached hydrogens (tertiary/aromatic N) is 2. The van der Waals surface area contributed by atoms with E-state index in [4.69, 9.17) is 0 Å². The third-order valence-corrected chi connectivity index (χ3v) is 3.02. The number of aryl methyl sites for hydroxylation is 2. The van der Waals surface area contributed by atoms with Crippen LogP contribution in [0.15, 0.2) is 27.8 Å². The zero-order valence-corrected chi connectivity index (χ0v) is 11.0. The number of methoxy groups -OCH3 is 1. The zero-order valence-electron chi connectivity index (χ0n) is 11.0. The molecule has 100 valence electrons. The summed E-state index contributed by atoms with van der Waals surface area (Å²) in [4.78, 5) is 35.6. The summed E-state index contributed by atoms with van der Waals surface area (Å²) >= 11 is 0. The number of hydrogen-bond acceptors (Lipinski definition) is 4. The van der Waals surface area contributed by atoms with Crippen LogP contribution >= 0.6 is 0 Å². The van der Waals surface area contributed by atoms with E-state index >= 15 is 0 Å². The molecule has 19 heavy (non-hydrogen) atoms. The Morgan fingerprint density at radius 2 is 2.00 bits per heavy atom. The highest BCUT2D eigenvalue weighted by Gasteiger charge is 2.13. The minimum Gasteiger partial charge on any atom is -0.468 e. The lowest BCUT2D eigenvalue weighted by molar-refractivity contribution is -0.141. The summed E-state index contributed by atoms with van der Waals surface area (Å²) in [5.41, 5.74) is 0.438. The third kappa shape index (κ3) is 2.16. The first-order valence-corrected chi connectivity index (χ1v) is 5.72. The van der Waals surface area contributed by atoms with Crippen LogP contribution in [0.2, 0.25) is 0 Å². The first-order chi connectivity index (χ1) is 8.95. The van der Waals surface area contributed by atoms with Crippen molar-refractivity contribution in [2.75, 3.05) is 7.11 Å². The van der Waals surface area contributed by atoms with Crippen LogP contribution < -0.4 is 11.2 Å². The Kier molecular flexibility index (Phi) is 3.25. The highest BCUT2D eigenvalue weighted by atomic mass is 16.5. The fourth-order valence-corrected chi connectivity index (χ4v) is 1.96.